The van der Waals surface area contributed by atoms with Crippen molar-refractivity contribution >= 4 is 51.4 Å². The van der Waals surface area contributed by atoms with Crippen molar-refractivity contribution < 1.29 is 33.5 Å². The average Bonchev–Trinajstić information content (AvgIpc) is 3.48. The standard InChI is InChI=1S/C32H39N3O7S2/c1-32(2,3)44-43-20-26(30(39)33-18-10-4-5-15-29(38)42-35-27(36)16-17-28(35)37)34-31(40)41-19-25-23-13-8-6-11-21(23)22-12-7-9-14-24(22)25/h6-9,11-14,25-26H,4-5,10,15-20H2,1-3H3,(H,33,39)(H,34,40). The van der Waals surface area contributed by atoms with E-state index < -0.39 is 29.9 Å². The number of nitrogens with zero attached hydrogens (tertiary/aromatic N) is 1. The van der Waals surface area contributed by atoms with Gasteiger partial charge in [0.1, 0.15) is 12.6 Å². The SMILES string of the molecule is CC(C)(C)SSCC(NC(=O)OCC1c2ccccc2-c2ccccc21)C(=O)NCCCCCC(=O)ON1C(=O)CCC1=O. The minimum Gasteiger partial charge on any atom is -0.449 e. The molecule has 1 saturated heterocycles. The summed E-state index contributed by atoms with van der Waals surface area (Å²) in [5.41, 5.74) is 4.50. The second-order valence-corrected chi connectivity index (χ2v) is 14.8. The van der Waals surface area contributed by atoms with E-state index in [1.165, 1.54) is 10.8 Å². The molecule has 1 aliphatic carbocycles. The van der Waals surface area contributed by atoms with Gasteiger partial charge in [-0.25, -0.2) is 9.59 Å². The minimum absolute atomic E-state index is 0.0219. The smallest absolute Gasteiger partial charge is 0.407 e. The number of hydrogen-bond acceptors (Lipinski definition) is 9. The molecule has 0 aromatic heterocycles. The Hall–Kier alpha value is -3.51. The third-order valence-corrected chi connectivity index (χ3v) is 10.4. The first-order valence-electron chi connectivity index (χ1n) is 14.8. The van der Waals surface area contributed by atoms with Gasteiger partial charge >= 0.3 is 12.1 Å². The Labute approximate surface area is 265 Å². The van der Waals surface area contributed by atoms with Gasteiger partial charge in [0.25, 0.3) is 11.8 Å². The number of carbonyl (C=O) groups excluding carboxylic acids is 5. The first kappa shape index (κ1) is 33.4. The second kappa shape index (κ2) is 15.5. The molecule has 1 fully saturated rings. The van der Waals surface area contributed by atoms with Gasteiger partial charge in [0, 0.05) is 42.2 Å². The average molecular weight is 642 g/mol. The Morgan fingerprint density at radius 3 is 2.16 bits per heavy atom. The molecule has 4 amide bonds. The largest absolute Gasteiger partial charge is 0.449 e. The zero-order valence-electron chi connectivity index (χ0n) is 25.3. The van der Waals surface area contributed by atoms with Gasteiger partial charge in [0.05, 0.1) is 0 Å². The van der Waals surface area contributed by atoms with Gasteiger partial charge in [-0.2, -0.15) is 0 Å². The molecular weight excluding hydrogens is 603 g/mol. The zero-order valence-corrected chi connectivity index (χ0v) is 26.9. The van der Waals surface area contributed by atoms with Gasteiger partial charge in [0.2, 0.25) is 5.91 Å². The molecule has 12 heteroatoms. The Balaban J connectivity index is 1.23. The molecule has 2 aromatic rings. The molecule has 2 aromatic carbocycles. The summed E-state index contributed by atoms with van der Waals surface area (Å²) in [5, 5.41) is 6.17. The molecular formula is C32H39N3O7S2. The van der Waals surface area contributed by atoms with Gasteiger partial charge in [-0.1, -0.05) is 97.3 Å². The van der Waals surface area contributed by atoms with Crippen LogP contribution in [-0.2, 0) is 28.8 Å². The third kappa shape index (κ3) is 9.25. The predicted molar refractivity (Wildman–Crippen MR) is 170 cm³/mol. The van der Waals surface area contributed by atoms with Crippen LogP contribution in [-0.4, -0.2) is 64.5 Å². The first-order chi connectivity index (χ1) is 21.0. The van der Waals surface area contributed by atoms with E-state index in [2.05, 4.69) is 55.7 Å². The van der Waals surface area contributed by atoms with E-state index in [0.29, 0.717) is 36.6 Å². The van der Waals surface area contributed by atoms with Crippen LogP contribution in [0.25, 0.3) is 11.1 Å². The van der Waals surface area contributed by atoms with Crippen molar-refractivity contribution in [1.29, 1.82) is 0 Å². The highest BCUT2D eigenvalue weighted by molar-refractivity contribution is 8.77. The molecule has 0 saturated carbocycles. The van der Waals surface area contributed by atoms with Crippen LogP contribution in [0.15, 0.2) is 48.5 Å². The number of hydrogen-bond donors (Lipinski definition) is 2. The molecule has 236 valence electrons. The fourth-order valence-corrected chi connectivity index (χ4v) is 7.42. The highest BCUT2D eigenvalue weighted by atomic mass is 33.1. The Morgan fingerprint density at radius 1 is 0.932 bits per heavy atom. The van der Waals surface area contributed by atoms with Gasteiger partial charge in [-0.05, 0) is 35.1 Å². The molecule has 0 radical (unpaired) electrons. The van der Waals surface area contributed by atoms with Crippen molar-refractivity contribution in [1.82, 2.24) is 15.7 Å². The van der Waals surface area contributed by atoms with E-state index in [9.17, 15) is 24.0 Å². The van der Waals surface area contributed by atoms with E-state index >= 15 is 0 Å². The number of benzene rings is 2. The Bertz CT molecular complexity index is 1320. The fourth-order valence-electron chi connectivity index (χ4n) is 4.96. The molecule has 4 rings (SSSR count). The molecule has 2 N–H and O–H groups in total. The monoisotopic (exact) mass is 641 g/mol. The minimum atomic E-state index is -0.795. The number of rotatable bonds is 14. The number of nitrogens with one attached hydrogen (secondary N) is 2. The summed E-state index contributed by atoms with van der Waals surface area (Å²) >= 11 is 0. The van der Waals surface area contributed by atoms with Crippen LogP contribution >= 0.6 is 21.6 Å². The molecule has 1 atom stereocenters. The quantitative estimate of drug-likeness (QED) is 0.159. The van der Waals surface area contributed by atoms with Crippen LogP contribution in [0.5, 0.6) is 0 Å². The second-order valence-electron chi connectivity index (χ2n) is 11.6. The van der Waals surface area contributed by atoms with E-state index in [1.807, 2.05) is 24.3 Å². The highest BCUT2D eigenvalue weighted by Crippen LogP contribution is 2.44. The molecule has 1 unspecified atom stereocenters. The van der Waals surface area contributed by atoms with Crippen molar-refractivity contribution in [2.75, 3.05) is 18.9 Å². The molecule has 1 heterocycles. The number of unbranched alkanes of at least 4 members (excludes halogenated alkanes) is 2. The number of fused-ring (bicyclic) bond motifs is 3. The Kier molecular flexibility index (Phi) is 11.7. The van der Waals surface area contributed by atoms with Crippen LogP contribution in [0.1, 0.15) is 76.3 Å². The normalized spacial score (nSPS) is 15.0. The Morgan fingerprint density at radius 2 is 1.55 bits per heavy atom. The summed E-state index contributed by atoms with van der Waals surface area (Å²) in [4.78, 5) is 66.0. The number of amides is 4. The van der Waals surface area contributed by atoms with Crippen molar-refractivity contribution in [2.45, 2.75) is 76.0 Å². The lowest BCUT2D eigenvalue weighted by Gasteiger charge is -2.21. The number of carbonyl (C=O) groups is 5. The van der Waals surface area contributed by atoms with E-state index in [1.54, 1.807) is 10.8 Å². The number of imide groups is 1. The number of alkyl carbamates (subject to hydrolysis) is 1. The predicted octanol–water partition coefficient (Wildman–Crippen LogP) is 5.36. The summed E-state index contributed by atoms with van der Waals surface area (Å²) in [6.07, 6.45) is 1.20. The molecule has 0 spiro atoms. The molecule has 44 heavy (non-hydrogen) atoms. The lowest BCUT2D eigenvalue weighted by molar-refractivity contribution is -0.197. The molecule has 0 bridgehead atoms. The molecule has 2 aliphatic rings. The molecule has 1 aliphatic heterocycles. The van der Waals surface area contributed by atoms with Crippen LogP contribution in [0, 0.1) is 0 Å². The van der Waals surface area contributed by atoms with E-state index in [0.717, 1.165) is 22.3 Å². The maximum absolute atomic E-state index is 13.1. The summed E-state index contributed by atoms with van der Waals surface area (Å²) in [7, 11) is 3.14. The van der Waals surface area contributed by atoms with Crippen molar-refractivity contribution in [3.05, 3.63) is 59.7 Å². The van der Waals surface area contributed by atoms with E-state index in [4.69, 9.17) is 9.57 Å². The number of hydroxylamine groups is 2. The van der Waals surface area contributed by atoms with E-state index in [-0.39, 0.29) is 42.4 Å². The topological polar surface area (TPSA) is 131 Å². The summed E-state index contributed by atoms with van der Waals surface area (Å²) in [6, 6.07) is 15.4. The molecule has 10 nitrogen and oxygen atoms in total. The van der Waals surface area contributed by atoms with Crippen molar-refractivity contribution in [3.63, 3.8) is 0 Å². The van der Waals surface area contributed by atoms with Gasteiger partial charge in [-0.15, -0.1) is 5.06 Å². The summed E-state index contributed by atoms with van der Waals surface area (Å²) < 4.78 is 5.65. The lowest BCUT2D eigenvalue weighted by atomic mass is 9.98. The lowest BCUT2D eigenvalue weighted by Crippen LogP contribution is -2.48. The van der Waals surface area contributed by atoms with Crippen LogP contribution in [0.3, 0.4) is 0 Å². The highest BCUT2D eigenvalue weighted by Gasteiger charge is 2.33. The van der Waals surface area contributed by atoms with Crippen molar-refractivity contribution in [2.24, 2.45) is 0 Å². The van der Waals surface area contributed by atoms with Crippen LogP contribution in [0.2, 0.25) is 0 Å². The van der Waals surface area contributed by atoms with Crippen LogP contribution < -0.4 is 10.6 Å². The summed E-state index contributed by atoms with van der Waals surface area (Å²) in [5.74, 6) is -1.69. The van der Waals surface area contributed by atoms with Gasteiger partial charge < -0.3 is 20.2 Å². The third-order valence-electron chi connectivity index (χ3n) is 7.05. The van der Waals surface area contributed by atoms with Gasteiger partial charge in [-0.3, -0.25) is 14.4 Å². The van der Waals surface area contributed by atoms with Gasteiger partial charge in [0.15, 0.2) is 0 Å². The number of ether oxygens (including phenoxy) is 1. The maximum Gasteiger partial charge on any atom is 0.407 e. The van der Waals surface area contributed by atoms with Crippen LogP contribution in [0.4, 0.5) is 4.79 Å². The first-order valence-corrected chi connectivity index (χ1v) is 17.1. The fraction of sp³-hybridized carbons (Fsp3) is 0.469. The summed E-state index contributed by atoms with van der Waals surface area (Å²) in [6.45, 7) is 6.75. The van der Waals surface area contributed by atoms with Crippen molar-refractivity contribution in [3.8, 4) is 11.1 Å². The zero-order chi connectivity index (χ0) is 31.7. The maximum atomic E-state index is 13.1.